The second kappa shape index (κ2) is 5.99. The van der Waals surface area contributed by atoms with Gasteiger partial charge in [0.25, 0.3) is 0 Å². The minimum Gasteiger partial charge on any atom is -0.293 e. The first-order valence-electron chi connectivity index (χ1n) is 4.46. The van der Waals surface area contributed by atoms with Crippen molar-refractivity contribution in [1.82, 2.24) is 4.98 Å². The number of rotatable bonds is 3. The van der Waals surface area contributed by atoms with E-state index in [9.17, 15) is 0 Å². The molecule has 0 radical (unpaired) electrons. The molecule has 0 amide bonds. The normalized spacial score (nSPS) is 10.8. The number of hydrogen-bond donors (Lipinski definition) is 1. The van der Waals surface area contributed by atoms with Crippen molar-refractivity contribution < 1.29 is 0 Å². The summed E-state index contributed by atoms with van der Waals surface area (Å²) in [7, 11) is 0. The first kappa shape index (κ1) is 11.5. The number of nitrogens with one attached hydrogen (secondary N) is 1. The fourth-order valence-electron chi connectivity index (χ4n) is 0.954. The largest absolute Gasteiger partial charge is 0.293 e. The quantitative estimate of drug-likeness (QED) is 0.481. The lowest BCUT2D eigenvalue weighted by Gasteiger charge is -2.00. The number of nitrogens with zero attached hydrogens (tertiary/aromatic N) is 2. The van der Waals surface area contributed by atoms with Gasteiger partial charge >= 0.3 is 0 Å². The molecule has 1 rings (SSSR count). The third-order valence-electron chi connectivity index (χ3n) is 1.74. The Morgan fingerprint density at radius 1 is 1.67 bits per heavy atom. The van der Waals surface area contributed by atoms with Crippen molar-refractivity contribution in [1.29, 1.82) is 10.7 Å². The molecule has 3 nitrogen and oxygen atoms in total. The molecule has 0 unspecified atom stereocenters. The maximum Gasteiger partial charge on any atom is 0.105 e. The summed E-state index contributed by atoms with van der Waals surface area (Å²) in [5.74, 6) is 0.624. The Balaban J connectivity index is 2.53. The summed E-state index contributed by atoms with van der Waals surface area (Å²) < 4.78 is 0. The summed E-state index contributed by atoms with van der Waals surface area (Å²) in [6, 6.07) is 7.65. The van der Waals surface area contributed by atoms with Gasteiger partial charge in [-0.1, -0.05) is 23.9 Å². The van der Waals surface area contributed by atoms with Gasteiger partial charge < -0.3 is 0 Å². The Morgan fingerprint density at radius 3 is 3.00 bits per heavy atom. The van der Waals surface area contributed by atoms with Crippen LogP contribution in [0.25, 0.3) is 0 Å². The van der Waals surface area contributed by atoms with Crippen LogP contribution in [0.4, 0.5) is 0 Å². The maximum atomic E-state index is 8.71. The number of thioether (sulfide) groups is 1. The molecule has 1 heterocycles. The van der Waals surface area contributed by atoms with Crippen LogP contribution < -0.4 is 0 Å². The zero-order valence-electron chi connectivity index (χ0n) is 8.40. The molecule has 0 spiro atoms. The van der Waals surface area contributed by atoms with E-state index in [-0.39, 0.29) is 0 Å². The second-order valence-corrected chi connectivity index (χ2v) is 3.74. The van der Waals surface area contributed by atoms with Crippen molar-refractivity contribution in [3.63, 3.8) is 0 Å². The number of allylic oxidation sites excluding steroid dienone is 1. The van der Waals surface area contributed by atoms with Crippen molar-refractivity contribution >= 4 is 16.8 Å². The molecule has 0 aromatic carbocycles. The van der Waals surface area contributed by atoms with E-state index >= 15 is 0 Å². The number of hydrogen-bond acceptors (Lipinski definition) is 4. The van der Waals surface area contributed by atoms with Gasteiger partial charge in [0.1, 0.15) is 11.1 Å². The van der Waals surface area contributed by atoms with Crippen LogP contribution >= 0.6 is 11.8 Å². The molecule has 0 saturated heterocycles. The highest BCUT2D eigenvalue weighted by molar-refractivity contribution is 8.13. The average Bonchev–Trinajstić information content (AvgIpc) is 2.29. The predicted molar refractivity (Wildman–Crippen MR) is 62.6 cm³/mol. The van der Waals surface area contributed by atoms with E-state index in [4.69, 9.17) is 10.7 Å². The molecule has 0 fully saturated rings. The van der Waals surface area contributed by atoms with Gasteiger partial charge in [-0.15, -0.1) is 0 Å². The van der Waals surface area contributed by atoms with Crippen LogP contribution in [-0.2, 0) is 5.75 Å². The number of pyridine rings is 1. The van der Waals surface area contributed by atoms with E-state index in [2.05, 4.69) is 4.98 Å². The van der Waals surface area contributed by atoms with Gasteiger partial charge in [0.15, 0.2) is 0 Å². The topological polar surface area (TPSA) is 60.5 Å². The highest BCUT2D eigenvalue weighted by atomic mass is 32.2. The summed E-state index contributed by atoms with van der Waals surface area (Å²) >= 11 is 1.32. The Morgan fingerprint density at radius 2 is 2.47 bits per heavy atom. The standard InChI is InChI=1S/C11H11N3S/c1-2-9(7-12)11(13)15-8-10-5-3-4-6-14-10/h2-6,13H,8H2,1H3/b9-2+,13-11?. The molecule has 0 aliphatic heterocycles. The third-order valence-corrected chi connectivity index (χ3v) is 2.69. The van der Waals surface area contributed by atoms with E-state index in [0.717, 1.165) is 5.69 Å². The molecule has 0 bridgehead atoms. The molecule has 4 heteroatoms. The molecule has 0 aliphatic rings. The summed E-state index contributed by atoms with van der Waals surface area (Å²) in [5.41, 5.74) is 1.33. The Bertz CT molecular complexity index is 404. The smallest absolute Gasteiger partial charge is 0.105 e. The summed E-state index contributed by atoms with van der Waals surface area (Å²) in [6.45, 7) is 1.76. The van der Waals surface area contributed by atoms with E-state index in [0.29, 0.717) is 16.4 Å². The molecule has 15 heavy (non-hydrogen) atoms. The van der Waals surface area contributed by atoms with Gasteiger partial charge in [-0.3, -0.25) is 10.4 Å². The molecular weight excluding hydrogens is 206 g/mol. The fraction of sp³-hybridized carbons (Fsp3) is 0.182. The fourth-order valence-corrected chi connectivity index (χ4v) is 1.74. The van der Waals surface area contributed by atoms with Crippen molar-refractivity contribution in [3.8, 4) is 6.07 Å². The van der Waals surface area contributed by atoms with Crippen LogP contribution in [0.2, 0.25) is 0 Å². The van der Waals surface area contributed by atoms with Crippen LogP contribution in [0, 0.1) is 16.7 Å². The van der Waals surface area contributed by atoms with Crippen LogP contribution in [0.5, 0.6) is 0 Å². The molecule has 76 valence electrons. The molecular formula is C11H11N3S. The summed E-state index contributed by atoms with van der Waals surface area (Å²) in [4.78, 5) is 4.14. The Kier molecular flexibility index (Phi) is 4.58. The maximum absolute atomic E-state index is 8.71. The lowest BCUT2D eigenvalue weighted by Crippen LogP contribution is -1.95. The first-order chi connectivity index (χ1) is 7.27. The lowest BCUT2D eigenvalue weighted by atomic mass is 10.3. The number of nitriles is 1. The van der Waals surface area contributed by atoms with E-state index < -0.39 is 0 Å². The Labute approximate surface area is 93.4 Å². The zero-order chi connectivity index (χ0) is 11.1. The van der Waals surface area contributed by atoms with Gasteiger partial charge in [-0.05, 0) is 19.1 Å². The molecule has 1 aromatic heterocycles. The zero-order valence-corrected chi connectivity index (χ0v) is 9.21. The van der Waals surface area contributed by atoms with Crippen LogP contribution in [0.1, 0.15) is 12.6 Å². The van der Waals surface area contributed by atoms with Gasteiger partial charge in [0.2, 0.25) is 0 Å². The van der Waals surface area contributed by atoms with Crippen molar-refractivity contribution in [3.05, 3.63) is 41.7 Å². The third kappa shape index (κ3) is 3.56. The highest BCUT2D eigenvalue weighted by Crippen LogP contribution is 2.15. The van der Waals surface area contributed by atoms with Crippen molar-refractivity contribution in [2.24, 2.45) is 0 Å². The average molecular weight is 217 g/mol. The van der Waals surface area contributed by atoms with Crippen molar-refractivity contribution in [2.75, 3.05) is 0 Å². The monoisotopic (exact) mass is 217 g/mol. The minimum atomic E-state index is 0.297. The van der Waals surface area contributed by atoms with Crippen LogP contribution in [-0.4, -0.2) is 10.0 Å². The molecule has 0 aliphatic carbocycles. The second-order valence-electron chi connectivity index (χ2n) is 2.75. The lowest BCUT2D eigenvalue weighted by molar-refractivity contribution is 1.18. The predicted octanol–water partition coefficient (Wildman–Crippen LogP) is 2.76. The molecule has 1 aromatic rings. The molecule has 1 N–H and O–H groups in total. The Hall–Kier alpha value is -1.60. The first-order valence-corrected chi connectivity index (χ1v) is 5.44. The van der Waals surface area contributed by atoms with Gasteiger partial charge in [-0.2, -0.15) is 5.26 Å². The summed E-state index contributed by atoms with van der Waals surface area (Å²) in [6.07, 6.45) is 3.37. The van der Waals surface area contributed by atoms with E-state index in [1.807, 2.05) is 24.3 Å². The van der Waals surface area contributed by atoms with Crippen molar-refractivity contribution in [2.45, 2.75) is 12.7 Å². The van der Waals surface area contributed by atoms with Crippen LogP contribution in [0.15, 0.2) is 36.0 Å². The van der Waals surface area contributed by atoms with Gasteiger partial charge in [-0.25, -0.2) is 0 Å². The van der Waals surface area contributed by atoms with Crippen LogP contribution in [0.3, 0.4) is 0 Å². The summed E-state index contributed by atoms with van der Waals surface area (Å²) in [5, 5.41) is 16.6. The van der Waals surface area contributed by atoms with E-state index in [1.165, 1.54) is 11.8 Å². The minimum absolute atomic E-state index is 0.297. The van der Waals surface area contributed by atoms with E-state index in [1.54, 1.807) is 19.2 Å². The highest BCUT2D eigenvalue weighted by Gasteiger charge is 2.04. The van der Waals surface area contributed by atoms with Gasteiger partial charge in [0, 0.05) is 11.9 Å². The SMILES string of the molecule is C/C=C(\C#N)C(=N)SCc1ccccn1. The number of aromatic nitrogens is 1. The van der Waals surface area contributed by atoms with Gasteiger partial charge in [0.05, 0.1) is 11.3 Å². The molecule has 0 atom stereocenters. The molecule has 0 saturated carbocycles.